The Morgan fingerprint density at radius 2 is 2.04 bits per heavy atom. The van der Waals surface area contributed by atoms with Crippen molar-refractivity contribution in [1.29, 1.82) is 5.26 Å². The zero-order chi connectivity index (χ0) is 18.4. The first kappa shape index (κ1) is 17.4. The molecule has 0 amide bonds. The van der Waals surface area contributed by atoms with E-state index in [1.165, 1.54) is 5.56 Å². The van der Waals surface area contributed by atoms with Crippen LogP contribution in [-0.4, -0.2) is 26.3 Å². The Labute approximate surface area is 152 Å². The number of aromatic nitrogens is 4. The van der Waals surface area contributed by atoms with E-state index in [4.69, 9.17) is 10.00 Å². The van der Waals surface area contributed by atoms with Gasteiger partial charge in [-0.05, 0) is 53.6 Å². The summed E-state index contributed by atoms with van der Waals surface area (Å²) in [6.45, 7) is 4.49. The molecule has 132 valence electrons. The Morgan fingerprint density at radius 1 is 1.23 bits per heavy atom. The van der Waals surface area contributed by atoms with Crippen molar-refractivity contribution in [2.24, 2.45) is 0 Å². The van der Waals surface area contributed by atoms with Crippen LogP contribution in [0.25, 0.3) is 5.69 Å². The molecule has 0 aliphatic heterocycles. The summed E-state index contributed by atoms with van der Waals surface area (Å²) in [4.78, 5) is 0. The monoisotopic (exact) mass is 348 g/mol. The Morgan fingerprint density at radius 3 is 2.77 bits per heavy atom. The quantitative estimate of drug-likeness (QED) is 0.705. The van der Waals surface area contributed by atoms with Crippen molar-refractivity contribution in [1.82, 2.24) is 20.2 Å². The number of tetrazole rings is 1. The van der Waals surface area contributed by atoms with Crippen molar-refractivity contribution in [3.8, 4) is 17.5 Å². The lowest BCUT2D eigenvalue weighted by molar-refractivity contribution is 0.251. The minimum Gasteiger partial charge on any atom is -0.476 e. The van der Waals surface area contributed by atoms with Crippen LogP contribution in [0.1, 0.15) is 24.5 Å². The number of aryl methyl sites for hydroxylation is 1. The van der Waals surface area contributed by atoms with E-state index in [0.717, 1.165) is 11.3 Å². The zero-order valence-corrected chi connectivity index (χ0v) is 14.8. The van der Waals surface area contributed by atoms with Crippen LogP contribution in [0.2, 0.25) is 0 Å². The van der Waals surface area contributed by atoms with Crippen LogP contribution in [-0.2, 0) is 6.54 Å². The number of nitrogens with zero attached hydrogens (tertiary/aromatic N) is 5. The van der Waals surface area contributed by atoms with Crippen molar-refractivity contribution in [3.63, 3.8) is 0 Å². The first-order valence-electron chi connectivity index (χ1n) is 8.44. The summed E-state index contributed by atoms with van der Waals surface area (Å²) in [5.74, 6) is 1.24. The first-order chi connectivity index (χ1) is 12.7. The Balaban J connectivity index is 1.70. The van der Waals surface area contributed by atoms with Crippen LogP contribution in [0.4, 0.5) is 5.95 Å². The molecule has 3 rings (SSSR count). The first-order valence-corrected chi connectivity index (χ1v) is 8.44. The van der Waals surface area contributed by atoms with Crippen LogP contribution in [0, 0.1) is 18.3 Å². The minimum atomic E-state index is -0.438. The van der Waals surface area contributed by atoms with Crippen molar-refractivity contribution in [3.05, 3.63) is 59.7 Å². The average Bonchev–Trinajstić information content (AvgIpc) is 3.14. The molecule has 2 aromatic carbocycles. The van der Waals surface area contributed by atoms with E-state index >= 15 is 0 Å². The van der Waals surface area contributed by atoms with Crippen LogP contribution >= 0.6 is 0 Å². The maximum absolute atomic E-state index is 9.03. The van der Waals surface area contributed by atoms with Crippen LogP contribution in [0.15, 0.2) is 48.5 Å². The maximum atomic E-state index is 9.03. The molecule has 0 spiro atoms. The molecule has 0 aliphatic carbocycles. The van der Waals surface area contributed by atoms with E-state index in [2.05, 4.69) is 26.9 Å². The number of hydrogen-bond acceptors (Lipinski definition) is 6. The lowest BCUT2D eigenvalue weighted by Crippen LogP contribution is -2.12. The van der Waals surface area contributed by atoms with E-state index in [-0.39, 0.29) is 0 Å². The van der Waals surface area contributed by atoms with Crippen molar-refractivity contribution in [2.45, 2.75) is 32.9 Å². The highest BCUT2D eigenvalue weighted by Crippen LogP contribution is 2.18. The Bertz CT molecular complexity index is 897. The Hall–Kier alpha value is -3.40. The number of rotatable bonds is 7. The molecule has 0 saturated heterocycles. The summed E-state index contributed by atoms with van der Waals surface area (Å²) in [6.07, 6.45) is 0.205. The third kappa shape index (κ3) is 4.16. The van der Waals surface area contributed by atoms with E-state index < -0.39 is 6.10 Å². The normalized spacial score (nSPS) is 11.6. The molecule has 1 N–H and O–H groups in total. The molecule has 7 nitrogen and oxygen atoms in total. The highest BCUT2D eigenvalue weighted by atomic mass is 16.5. The molecule has 1 atom stereocenters. The van der Waals surface area contributed by atoms with E-state index in [1.807, 2.05) is 62.4 Å². The molecule has 0 fully saturated rings. The minimum absolute atomic E-state index is 0.438. The van der Waals surface area contributed by atoms with Crippen molar-refractivity contribution < 1.29 is 4.74 Å². The summed E-state index contributed by atoms with van der Waals surface area (Å²) in [6, 6.07) is 17.7. The van der Waals surface area contributed by atoms with Gasteiger partial charge in [-0.15, -0.1) is 0 Å². The highest BCUT2D eigenvalue weighted by molar-refractivity contribution is 5.41. The summed E-state index contributed by atoms with van der Waals surface area (Å²) in [7, 11) is 0. The standard InChI is InChI=1S/C19H20N6O/c1-3-17(12-20)26-18-6-4-5-15(11-18)13-21-19-22-23-24-25(19)16-9-7-14(2)8-10-16/h4-11,17H,3,13H2,1-2H3,(H,21,22,24). The molecule has 7 heteroatoms. The molecular weight excluding hydrogens is 328 g/mol. The van der Waals surface area contributed by atoms with Crippen molar-refractivity contribution in [2.75, 3.05) is 5.32 Å². The molecule has 1 unspecified atom stereocenters. The van der Waals surface area contributed by atoms with Gasteiger partial charge in [-0.1, -0.05) is 41.9 Å². The highest BCUT2D eigenvalue weighted by Gasteiger charge is 2.09. The number of nitriles is 1. The zero-order valence-electron chi connectivity index (χ0n) is 14.8. The van der Waals surface area contributed by atoms with Gasteiger partial charge in [0.15, 0.2) is 6.10 Å². The van der Waals surface area contributed by atoms with Crippen molar-refractivity contribution >= 4 is 5.95 Å². The van der Waals surface area contributed by atoms with Gasteiger partial charge in [0.25, 0.3) is 0 Å². The van der Waals surface area contributed by atoms with Crippen LogP contribution in [0.5, 0.6) is 5.75 Å². The van der Waals surface area contributed by atoms with Gasteiger partial charge < -0.3 is 10.1 Å². The lowest BCUT2D eigenvalue weighted by atomic mass is 10.2. The number of nitrogens with one attached hydrogen (secondary N) is 1. The van der Waals surface area contributed by atoms with Gasteiger partial charge in [0.2, 0.25) is 5.95 Å². The number of hydrogen-bond donors (Lipinski definition) is 1. The van der Waals surface area contributed by atoms with E-state index in [9.17, 15) is 0 Å². The molecule has 3 aromatic rings. The molecule has 1 heterocycles. The summed E-state index contributed by atoms with van der Waals surface area (Å²) in [5, 5.41) is 24.1. The molecule has 0 saturated carbocycles. The van der Waals surface area contributed by atoms with E-state index in [0.29, 0.717) is 24.7 Å². The number of benzene rings is 2. The second kappa shape index (κ2) is 8.12. The second-order valence-electron chi connectivity index (χ2n) is 5.89. The smallest absolute Gasteiger partial charge is 0.248 e. The van der Waals surface area contributed by atoms with Crippen LogP contribution in [0.3, 0.4) is 0 Å². The second-order valence-corrected chi connectivity index (χ2v) is 5.89. The SMILES string of the molecule is CCC(C#N)Oc1cccc(CNc2nnnn2-c2ccc(C)cc2)c1. The molecule has 0 radical (unpaired) electrons. The molecule has 0 aliphatic rings. The predicted octanol–water partition coefficient (Wildman–Crippen LogP) is 3.26. The van der Waals surface area contributed by atoms with E-state index in [1.54, 1.807) is 4.68 Å². The maximum Gasteiger partial charge on any atom is 0.248 e. The van der Waals surface area contributed by atoms with Gasteiger partial charge in [0, 0.05) is 6.54 Å². The van der Waals surface area contributed by atoms with Gasteiger partial charge in [-0.2, -0.15) is 9.94 Å². The van der Waals surface area contributed by atoms with Gasteiger partial charge in [-0.3, -0.25) is 0 Å². The lowest BCUT2D eigenvalue weighted by Gasteiger charge is -2.12. The topological polar surface area (TPSA) is 88.7 Å². The summed E-state index contributed by atoms with van der Waals surface area (Å²) >= 11 is 0. The van der Waals surface area contributed by atoms with Gasteiger partial charge in [0.05, 0.1) is 5.69 Å². The van der Waals surface area contributed by atoms with Gasteiger partial charge in [0.1, 0.15) is 11.8 Å². The predicted molar refractivity (Wildman–Crippen MR) is 98.0 cm³/mol. The molecule has 26 heavy (non-hydrogen) atoms. The molecular formula is C19H20N6O. The third-order valence-corrected chi connectivity index (χ3v) is 3.89. The molecule has 1 aromatic heterocycles. The molecule has 0 bridgehead atoms. The Kier molecular flexibility index (Phi) is 5.44. The van der Waals surface area contributed by atoms with Gasteiger partial charge >= 0.3 is 0 Å². The average molecular weight is 348 g/mol. The van der Waals surface area contributed by atoms with Gasteiger partial charge in [-0.25, -0.2) is 0 Å². The number of ether oxygens (including phenoxy) is 1. The summed E-state index contributed by atoms with van der Waals surface area (Å²) in [5.41, 5.74) is 3.07. The van der Waals surface area contributed by atoms with Crippen LogP contribution < -0.4 is 10.1 Å². The fourth-order valence-corrected chi connectivity index (χ4v) is 2.43. The fraction of sp³-hybridized carbons (Fsp3) is 0.263. The fourth-order valence-electron chi connectivity index (χ4n) is 2.43. The largest absolute Gasteiger partial charge is 0.476 e. The number of anilines is 1. The summed E-state index contributed by atoms with van der Waals surface area (Å²) < 4.78 is 7.32. The third-order valence-electron chi connectivity index (χ3n) is 3.89.